The van der Waals surface area contributed by atoms with E-state index in [0.29, 0.717) is 0 Å². The predicted octanol–water partition coefficient (Wildman–Crippen LogP) is 5.59. The molecular formula is C28H26NO2+. The lowest BCUT2D eigenvalue weighted by molar-refractivity contribution is -0.462. The van der Waals surface area contributed by atoms with Crippen LogP contribution in [0.4, 0.5) is 0 Å². The van der Waals surface area contributed by atoms with Gasteiger partial charge in [0.05, 0.1) is 0 Å². The molecule has 0 spiro atoms. The number of hydrogen-bond acceptors (Lipinski definition) is 2. The third kappa shape index (κ3) is 3.79. The average Bonchev–Trinajstić information content (AvgIpc) is 3.18. The first-order valence-electron chi connectivity index (χ1n) is 10.7. The smallest absolute Gasteiger partial charge is 0.199 e. The zero-order valence-corrected chi connectivity index (χ0v) is 18.1. The van der Waals surface area contributed by atoms with Gasteiger partial charge in [0.1, 0.15) is 37.5 Å². The zero-order valence-electron chi connectivity index (χ0n) is 18.1. The van der Waals surface area contributed by atoms with Crippen LogP contribution in [-0.2, 0) is 6.42 Å². The van der Waals surface area contributed by atoms with E-state index in [1.807, 2.05) is 30.3 Å². The van der Waals surface area contributed by atoms with Crippen LogP contribution in [0.25, 0.3) is 11.3 Å². The molecule has 0 aromatic heterocycles. The Morgan fingerprint density at radius 1 is 0.903 bits per heavy atom. The van der Waals surface area contributed by atoms with Gasteiger partial charge in [-0.05, 0) is 48.4 Å². The van der Waals surface area contributed by atoms with Crippen molar-refractivity contribution in [3.8, 4) is 11.5 Å². The number of hydrogen-bond donors (Lipinski definition) is 0. The van der Waals surface area contributed by atoms with Crippen LogP contribution in [0.15, 0.2) is 90.6 Å². The van der Waals surface area contributed by atoms with Crippen molar-refractivity contribution < 1.29 is 14.0 Å². The molecule has 3 nitrogen and oxygen atoms in total. The van der Waals surface area contributed by atoms with Gasteiger partial charge in [-0.1, -0.05) is 42.5 Å². The molecule has 1 atom stereocenters. The number of fused-ring (bicyclic) bond motifs is 3. The number of nitrogens with zero attached hydrogens (tertiary/aromatic N) is 1. The van der Waals surface area contributed by atoms with Crippen molar-refractivity contribution in [1.29, 1.82) is 0 Å². The van der Waals surface area contributed by atoms with Crippen molar-refractivity contribution >= 4 is 17.0 Å². The second kappa shape index (κ2) is 7.92. The van der Waals surface area contributed by atoms with Crippen molar-refractivity contribution in [1.82, 2.24) is 0 Å². The molecule has 0 radical (unpaired) electrons. The Labute approximate surface area is 183 Å². The molecule has 2 aromatic rings. The summed E-state index contributed by atoms with van der Waals surface area (Å²) < 4.78 is 14.5. The van der Waals surface area contributed by atoms with Crippen molar-refractivity contribution in [2.24, 2.45) is 0 Å². The Bertz CT molecular complexity index is 1200. The highest BCUT2D eigenvalue weighted by molar-refractivity contribution is 6.02. The van der Waals surface area contributed by atoms with Crippen LogP contribution < -0.4 is 9.47 Å². The molecule has 2 aromatic carbocycles. The van der Waals surface area contributed by atoms with Gasteiger partial charge in [0, 0.05) is 35.3 Å². The van der Waals surface area contributed by atoms with E-state index in [-0.39, 0.29) is 6.10 Å². The Kier molecular flexibility index (Phi) is 4.95. The van der Waals surface area contributed by atoms with Gasteiger partial charge in [-0.25, -0.2) is 4.58 Å². The second-order valence-electron chi connectivity index (χ2n) is 8.30. The third-order valence-electron chi connectivity index (χ3n) is 5.77. The summed E-state index contributed by atoms with van der Waals surface area (Å²) in [4.78, 5) is 0. The lowest BCUT2D eigenvalue weighted by atomic mass is 9.92. The minimum atomic E-state index is 0.185. The molecule has 0 saturated heterocycles. The van der Waals surface area contributed by atoms with Gasteiger partial charge in [0.2, 0.25) is 0 Å². The van der Waals surface area contributed by atoms with Crippen LogP contribution in [-0.4, -0.2) is 30.5 Å². The van der Waals surface area contributed by atoms with E-state index < -0.39 is 0 Å². The lowest BCUT2D eigenvalue weighted by Gasteiger charge is -2.22. The van der Waals surface area contributed by atoms with Crippen LogP contribution in [0.2, 0.25) is 0 Å². The predicted molar refractivity (Wildman–Crippen MR) is 127 cm³/mol. The van der Waals surface area contributed by atoms with E-state index in [0.717, 1.165) is 46.0 Å². The molecule has 1 aliphatic carbocycles. The fraction of sp³-hybridized carbons (Fsp3) is 0.179. The van der Waals surface area contributed by atoms with E-state index >= 15 is 0 Å². The topological polar surface area (TPSA) is 21.5 Å². The lowest BCUT2D eigenvalue weighted by Crippen LogP contribution is -2.09. The molecule has 0 fully saturated rings. The minimum absolute atomic E-state index is 0.185. The standard InChI is InChI=1S/C28H26NO2/c1-19-17-24-25(30-19)15-16-26-28(24)22(18-27(31-26)21-7-5-4-6-8-21)12-9-20-10-13-23(14-11-20)29(2)3/h4-16,18-19H,17H2,1-3H3/q+1/b22-12+. The molecule has 0 bridgehead atoms. The molecule has 31 heavy (non-hydrogen) atoms. The summed E-state index contributed by atoms with van der Waals surface area (Å²) in [6.07, 6.45) is 16.2. The quantitative estimate of drug-likeness (QED) is 0.604. The first-order chi connectivity index (χ1) is 15.1. The molecular weight excluding hydrogens is 382 g/mol. The molecule has 1 unspecified atom stereocenters. The van der Waals surface area contributed by atoms with Gasteiger partial charge in [-0.15, -0.1) is 0 Å². The molecule has 0 saturated carbocycles. The highest BCUT2D eigenvalue weighted by atomic mass is 16.5. The largest absolute Gasteiger partial charge is 0.490 e. The third-order valence-corrected chi connectivity index (χ3v) is 5.77. The molecule has 3 heteroatoms. The Morgan fingerprint density at radius 3 is 2.39 bits per heavy atom. The molecule has 5 rings (SSSR count). The molecule has 0 N–H and O–H groups in total. The molecule has 154 valence electrons. The highest BCUT2D eigenvalue weighted by Crippen LogP contribution is 2.45. The van der Waals surface area contributed by atoms with Gasteiger partial charge in [-0.2, -0.15) is 0 Å². The Morgan fingerprint density at radius 2 is 1.65 bits per heavy atom. The fourth-order valence-electron chi connectivity index (χ4n) is 4.17. The molecule has 0 amide bonds. The summed E-state index contributed by atoms with van der Waals surface area (Å²) in [6.45, 7) is 2.11. The van der Waals surface area contributed by atoms with Crippen LogP contribution in [0.3, 0.4) is 0 Å². The highest BCUT2D eigenvalue weighted by Gasteiger charge is 2.28. The summed E-state index contributed by atoms with van der Waals surface area (Å²) >= 11 is 0. The van der Waals surface area contributed by atoms with Gasteiger partial charge >= 0.3 is 0 Å². The van der Waals surface area contributed by atoms with Crippen molar-refractivity contribution in [3.63, 3.8) is 0 Å². The van der Waals surface area contributed by atoms with Crippen LogP contribution in [0.1, 0.15) is 23.6 Å². The number of rotatable bonds is 2. The van der Waals surface area contributed by atoms with Crippen molar-refractivity contribution in [2.75, 3.05) is 14.1 Å². The van der Waals surface area contributed by atoms with Gasteiger partial charge in [0.15, 0.2) is 5.71 Å². The molecule has 2 aliphatic heterocycles. The summed E-state index contributed by atoms with van der Waals surface area (Å²) in [5, 5.41) is 0. The molecule has 2 heterocycles. The number of allylic oxidation sites excluding steroid dienone is 9. The van der Waals surface area contributed by atoms with Gasteiger partial charge in [-0.3, -0.25) is 0 Å². The molecule has 3 aliphatic rings. The SMILES string of the molecule is CC1Cc2c(ccc3c2/C(=C/C=C2C=CC(=[N+](C)C)C=C2)C=C(c2ccccc2)O3)O1. The Balaban J connectivity index is 1.60. The van der Waals surface area contributed by atoms with E-state index in [1.165, 1.54) is 11.3 Å². The maximum atomic E-state index is 6.35. The van der Waals surface area contributed by atoms with E-state index in [4.69, 9.17) is 9.47 Å². The summed E-state index contributed by atoms with van der Waals surface area (Å²) in [6, 6.07) is 14.3. The van der Waals surface area contributed by atoms with Crippen LogP contribution >= 0.6 is 0 Å². The first kappa shape index (κ1) is 19.4. The van der Waals surface area contributed by atoms with Crippen molar-refractivity contribution in [2.45, 2.75) is 19.4 Å². The fourth-order valence-corrected chi connectivity index (χ4v) is 4.17. The van der Waals surface area contributed by atoms with E-state index in [9.17, 15) is 0 Å². The summed E-state index contributed by atoms with van der Waals surface area (Å²) in [7, 11) is 4.11. The monoisotopic (exact) mass is 408 g/mol. The van der Waals surface area contributed by atoms with Gasteiger partial charge < -0.3 is 9.47 Å². The normalized spacial score (nSPS) is 20.0. The van der Waals surface area contributed by atoms with Crippen LogP contribution in [0.5, 0.6) is 11.5 Å². The second-order valence-corrected chi connectivity index (χ2v) is 8.30. The summed E-state index contributed by atoms with van der Waals surface area (Å²) in [5.74, 6) is 2.72. The average molecular weight is 409 g/mol. The maximum Gasteiger partial charge on any atom is 0.199 e. The summed E-state index contributed by atoms with van der Waals surface area (Å²) in [5.41, 5.74) is 6.94. The van der Waals surface area contributed by atoms with Crippen molar-refractivity contribution in [3.05, 3.63) is 107 Å². The minimum Gasteiger partial charge on any atom is -0.490 e. The first-order valence-corrected chi connectivity index (χ1v) is 10.7. The van der Waals surface area contributed by atoms with E-state index in [1.54, 1.807) is 0 Å². The number of ether oxygens (including phenoxy) is 2. The Hall–Kier alpha value is -3.59. The van der Waals surface area contributed by atoms with E-state index in [2.05, 4.69) is 80.3 Å². The maximum absolute atomic E-state index is 6.35. The zero-order chi connectivity index (χ0) is 21.4. The van der Waals surface area contributed by atoms with Gasteiger partial charge in [0.25, 0.3) is 0 Å². The van der Waals surface area contributed by atoms with Crippen LogP contribution in [0, 0.1) is 0 Å². The number of benzene rings is 2.